The summed E-state index contributed by atoms with van der Waals surface area (Å²) in [5, 5.41) is 10.2. The zero-order valence-corrected chi connectivity index (χ0v) is 19.5. The highest BCUT2D eigenvalue weighted by Crippen LogP contribution is 2.29. The lowest BCUT2D eigenvalue weighted by molar-refractivity contribution is -0.120. The van der Waals surface area contributed by atoms with Crippen molar-refractivity contribution in [3.8, 4) is 11.5 Å². The van der Waals surface area contributed by atoms with Crippen molar-refractivity contribution in [2.75, 3.05) is 23.7 Å². The average molecular weight is 477 g/mol. The van der Waals surface area contributed by atoms with Crippen LogP contribution in [0, 0.1) is 5.92 Å². The largest absolute Gasteiger partial charge is 0.457 e. The second kappa shape index (κ2) is 9.70. The Morgan fingerprint density at radius 2 is 1.85 bits per heavy atom. The van der Waals surface area contributed by atoms with Crippen LogP contribution in [0.15, 0.2) is 60.8 Å². The lowest BCUT2D eigenvalue weighted by Gasteiger charge is -2.21. The van der Waals surface area contributed by atoms with Crippen LogP contribution in [0.5, 0.6) is 11.5 Å². The zero-order chi connectivity index (χ0) is 23.5. The Labute approximate surface area is 202 Å². The molecule has 1 aliphatic rings. The molecule has 1 amide bonds. The van der Waals surface area contributed by atoms with E-state index in [1.807, 2.05) is 54.1 Å². The number of fused-ring (bicyclic) bond motifs is 1. The number of pyridine rings is 1. The summed E-state index contributed by atoms with van der Waals surface area (Å²) in [4.78, 5) is 21.5. The van der Waals surface area contributed by atoms with Crippen molar-refractivity contribution in [3.63, 3.8) is 0 Å². The van der Waals surface area contributed by atoms with E-state index in [4.69, 9.17) is 21.3 Å². The molecule has 2 aromatic carbocycles. The first-order valence-electron chi connectivity index (χ1n) is 11.2. The molecular formula is C25H25ClN6O2. The number of amides is 1. The summed E-state index contributed by atoms with van der Waals surface area (Å²) in [6.45, 7) is 1.73. The highest BCUT2D eigenvalue weighted by atomic mass is 35.5. The van der Waals surface area contributed by atoms with Crippen molar-refractivity contribution in [3.05, 3.63) is 65.8 Å². The molecule has 0 radical (unpaired) electrons. The molecule has 174 valence electrons. The molecule has 5 rings (SSSR count). The minimum Gasteiger partial charge on any atom is -0.457 e. The Morgan fingerprint density at radius 1 is 1.09 bits per heavy atom. The van der Waals surface area contributed by atoms with Gasteiger partial charge < -0.3 is 25.3 Å². The molecule has 2 aromatic heterocycles. The number of imidazole rings is 1. The monoisotopic (exact) mass is 476 g/mol. The van der Waals surface area contributed by atoms with Gasteiger partial charge in [0, 0.05) is 42.0 Å². The Kier molecular flexibility index (Phi) is 6.33. The Hall–Kier alpha value is -3.62. The maximum Gasteiger partial charge on any atom is 0.228 e. The van der Waals surface area contributed by atoms with Crippen LogP contribution in [-0.4, -0.2) is 33.5 Å². The molecule has 3 N–H and O–H groups in total. The van der Waals surface area contributed by atoms with E-state index >= 15 is 0 Å². The SMILES string of the molecule is Cn1c(Nc2ccc(Cl)cc2)nc2cc(Oc3ccnc(NC(=O)C4CCNCC4)c3)ccc21. The number of nitrogens with zero attached hydrogens (tertiary/aromatic N) is 3. The van der Waals surface area contributed by atoms with E-state index in [-0.39, 0.29) is 11.8 Å². The maximum atomic E-state index is 12.5. The molecule has 1 saturated heterocycles. The number of carbonyl (C=O) groups excluding carboxylic acids is 1. The van der Waals surface area contributed by atoms with Crippen LogP contribution in [-0.2, 0) is 11.8 Å². The first kappa shape index (κ1) is 22.2. The fourth-order valence-corrected chi connectivity index (χ4v) is 4.13. The van der Waals surface area contributed by atoms with E-state index in [2.05, 4.69) is 20.9 Å². The van der Waals surface area contributed by atoms with E-state index in [0.29, 0.717) is 28.3 Å². The number of anilines is 3. The maximum absolute atomic E-state index is 12.5. The molecule has 0 atom stereocenters. The number of aryl methyl sites for hydroxylation is 1. The highest BCUT2D eigenvalue weighted by molar-refractivity contribution is 6.30. The van der Waals surface area contributed by atoms with Crippen LogP contribution in [0.2, 0.25) is 5.02 Å². The first-order chi connectivity index (χ1) is 16.5. The molecule has 4 aromatic rings. The number of ether oxygens (including phenoxy) is 1. The fourth-order valence-electron chi connectivity index (χ4n) is 4.01. The predicted octanol–water partition coefficient (Wildman–Crippen LogP) is 5.10. The predicted molar refractivity (Wildman–Crippen MR) is 134 cm³/mol. The third-order valence-electron chi connectivity index (χ3n) is 5.88. The fraction of sp³-hybridized carbons (Fsp3) is 0.240. The molecule has 0 unspecified atom stereocenters. The van der Waals surface area contributed by atoms with Crippen molar-refractivity contribution in [2.24, 2.45) is 13.0 Å². The second-order valence-corrected chi connectivity index (χ2v) is 8.71. The second-order valence-electron chi connectivity index (χ2n) is 8.27. The minimum absolute atomic E-state index is 0.00164. The van der Waals surface area contributed by atoms with E-state index < -0.39 is 0 Å². The van der Waals surface area contributed by atoms with Gasteiger partial charge in [0.25, 0.3) is 0 Å². The number of aromatic nitrogens is 3. The van der Waals surface area contributed by atoms with Crippen molar-refractivity contribution in [1.82, 2.24) is 19.9 Å². The summed E-state index contributed by atoms with van der Waals surface area (Å²) < 4.78 is 8.03. The van der Waals surface area contributed by atoms with E-state index in [1.165, 1.54) is 0 Å². The molecule has 3 heterocycles. The van der Waals surface area contributed by atoms with Crippen LogP contribution < -0.4 is 20.7 Å². The normalized spacial score (nSPS) is 14.2. The number of hydrogen-bond donors (Lipinski definition) is 3. The lowest BCUT2D eigenvalue weighted by atomic mass is 9.97. The smallest absolute Gasteiger partial charge is 0.228 e. The first-order valence-corrected chi connectivity index (χ1v) is 11.6. The minimum atomic E-state index is 0.00164. The molecule has 8 nitrogen and oxygen atoms in total. The molecule has 1 fully saturated rings. The summed E-state index contributed by atoms with van der Waals surface area (Å²) in [5.74, 6) is 2.43. The van der Waals surface area contributed by atoms with Crippen LogP contribution >= 0.6 is 11.6 Å². The number of hydrogen-bond acceptors (Lipinski definition) is 6. The van der Waals surface area contributed by atoms with Crippen molar-refractivity contribution < 1.29 is 9.53 Å². The van der Waals surface area contributed by atoms with Gasteiger partial charge in [-0.15, -0.1) is 0 Å². The van der Waals surface area contributed by atoms with Crippen molar-refractivity contribution >= 4 is 46.0 Å². The van der Waals surface area contributed by atoms with Gasteiger partial charge in [-0.25, -0.2) is 9.97 Å². The zero-order valence-electron chi connectivity index (χ0n) is 18.7. The number of rotatable bonds is 6. The molecule has 9 heteroatoms. The van der Waals surface area contributed by atoms with Crippen LogP contribution in [0.25, 0.3) is 11.0 Å². The Morgan fingerprint density at radius 3 is 2.65 bits per heavy atom. The summed E-state index contributed by atoms with van der Waals surface area (Å²) in [7, 11) is 1.95. The third-order valence-corrected chi connectivity index (χ3v) is 6.13. The highest BCUT2D eigenvalue weighted by Gasteiger charge is 2.21. The van der Waals surface area contributed by atoms with Gasteiger partial charge in [0.1, 0.15) is 17.3 Å². The third kappa shape index (κ3) is 4.98. The van der Waals surface area contributed by atoms with Gasteiger partial charge in [-0.3, -0.25) is 4.79 Å². The Bertz CT molecular complexity index is 1310. The van der Waals surface area contributed by atoms with Crippen LogP contribution in [0.1, 0.15) is 12.8 Å². The van der Waals surface area contributed by atoms with Gasteiger partial charge >= 0.3 is 0 Å². The number of nitrogens with one attached hydrogen (secondary N) is 3. The molecule has 1 aliphatic heterocycles. The number of piperidine rings is 1. The van der Waals surface area contributed by atoms with E-state index in [0.717, 1.165) is 42.7 Å². The van der Waals surface area contributed by atoms with Crippen LogP contribution in [0.4, 0.5) is 17.5 Å². The van der Waals surface area contributed by atoms with Gasteiger partial charge in [0.05, 0.1) is 11.0 Å². The molecule has 0 spiro atoms. The number of carbonyl (C=O) groups is 1. The summed E-state index contributed by atoms with van der Waals surface area (Å²) >= 11 is 5.97. The molecule has 0 aliphatic carbocycles. The van der Waals surface area contributed by atoms with Gasteiger partial charge in [0.15, 0.2) is 0 Å². The standard InChI is InChI=1S/C25H25ClN6O2/c1-32-22-7-6-19(14-21(22)30-25(32)29-18-4-2-17(26)3-5-18)34-20-10-13-28-23(15-20)31-24(33)16-8-11-27-12-9-16/h2-7,10,13-16,27H,8-9,11-12H2,1H3,(H,29,30)(H,28,31,33). The van der Waals surface area contributed by atoms with Gasteiger partial charge in [0.2, 0.25) is 11.9 Å². The number of halogens is 1. The van der Waals surface area contributed by atoms with Crippen molar-refractivity contribution in [1.29, 1.82) is 0 Å². The number of benzene rings is 2. The van der Waals surface area contributed by atoms with Gasteiger partial charge in [-0.05, 0) is 68.4 Å². The summed E-state index contributed by atoms with van der Waals surface area (Å²) in [6.07, 6.45) is 3.29. The molecule has 0 saturated carbocycles. The molecular weight excluding hydrogens is 452 g/mol. The Balaban J connectivity index is 1.30. The topological polar surface area (TPSA) is 93.1 Å². The summed E-state index contributed by atoms with van der Waals surface area (Å²) in [5.41, 5.74) is 2.66. The molecule has 0 bridgehead atoms. The van der Waals surface area contributed by atoms with Gasteiger partial charge in [-0.1, -0.05) is 11.6 Å². The van der Waals surface area contributed by atoms with Crippen LogP contribution in [0.3, 0.4) is 0 Å². The van der Waals surface area contributed by atoms with E-state index in [1.54, 1.807) is 18.3 Å². The van der Waals surface area contributed by atoms with Crippen molar-refractivity contribution in [2.45, 2.75) is 12.8 Å². The molecule has 34 heavy (non-hydrogen) atoms. The average Bonchev–Trinajstić information content (AvgIpc) is 3.15. The summed E-state index contributed by atoms with van der Waals surface area (Å²) in [6, 6.07) is 16.7. The lowest BCUT2D eigenvalue weighted by Crippen LogP contribution is -2.34. The van der Waals surface area contributed by atoms with E-state index in [9.17, 15) is 4.79 Å². The quantitative estimate of drug-likeness (QED) is 0.358. The van der Waals surface area contributed by atoms with Gasteiger partial charge in [-0.2, -0.15) is 0 Å².